The van der Waals surface area contributed by atoms with Crippen molar-refractivity contribution in [1.82, 2.24) is 0 Å². The van der Waals surface area contributed by atoms with Gasteiger partial charge in [0.05, 0.1) is 0 Å². The molecule has 1 atom stereocenters. The molecule has 1 unspecified atom stereocenters. The predicted octanol–water partition coefficient (Wildman–Crippen LogP) is 2.24. The van der Waals surface area contributed by atoms with Crippen molar-refractivity contribution < 1.29 is 14.5 Å². The van der Waals surface area contributed by atoms with E-state index in [1.807, 2.05) is 19.9 Å². The maximum atomic E-state index is 5.04. The van der Waals surface area contributed by atoms with Gasteiger partial charge in [-0.1, -0.05) is 6.92 Å². The van der Waals surface area contributed by atoms with Crippen LogP contribution in [0.25, 0.3) is 0 Å². The van der Waals surface area contributed by atoms with E-state index >= 15 is 0 Å². The van der Waals surface area contributed by atoms with E-state index in [0.717, 1.165) is 6.42 Å². The topological polar surface area (TPSA) is 27.7 Å². The molecule has 0 spiro atoms. The predicted molar refractivity (Wildman–Crippen MR) is 42.7 cm³/mol. The highest BCUT2D eigenvalue weighted by molar-refractivity contribution is 4.68. The Kier molecular flexibility index (Phi) is 7.19. The minimum atomic E-state index is -0.304. The molecule has 0 aliphatic carbocycles. The molecule has 3 nitrogen and oxygen atoms in total. The van der Waals surface area contributed by atoms with E-state index in [1.165, 1.54) is 6.26 Å². The molecule has 0 amide bonds. The fourth-order valence-corrected chi connectivity index (χ4v) is 0.508. The first-order valence-electron chi connectivity index (χ1n) is 3.90. The molecule has 3 heteroatoms. The molecule has 0 aliphatic heterocycles. The highest BCUT2D eigenvalue weighted by atomic mass is 17.2. The number of ether oxygens (including phenoxy) is 1. The average Bonchev–Trinajstić information content (AvgIpc) is 1.99. The van der Waals surface area contributed by atoms with E-state index in [-0.39, 0.29) is 6.29 Å². The Bertz CT molecular complexity index is 102. The van der Waals surface area contributed by atoms with Gasteiger partial charge in [0.2, 0.25) is 0 Å². The minimum absolute atomic E-state index is 0.304. The van der Waals surface area contributed by atoms with E-state index in [1.54, 1.807) is 6.92 Å². The lowest BCUT2D eigenvalue weighted by Gasteiger charge is -2.08. The van der Waals surface area contributed by atoms with Crippen molar-refractivity contribution in [3.8, 4) is 0 Å². The van der Waals surface area contributed by atoms with E-state index in [9.17, 15) is 0 Å². The molecule has 11 heavy (non-hydrogen) atoms. The second kappa shape index (κ2) is 7.57. The summed E-state index contributed by atoms with van der Waals surface area (Å²) in [6.45, 7) is 6.33. The molecule has 0 aliphatic rings. The summed E-state index contributed by atoms with van der Waals surface area (Å²) < 4.78 is 5.04. The van der Waals surface area contributed by atoms with Crippen LogP contribution in [0.5, 0.6) is 0 Å². The molecule has 66 valence electrons. The van der Waals surface area contributed by atoms with Crippen LogP contribution in [0.3, 0.4) is 0 Å². The summed E-state index contributed by atoms with van der Waals surface area (Å²) in [5.74, 6) is 0. The van der Waals surface area contributed by atoms with Crippen LogP contribution in [0.15, 0.2) is 12.3 Å². The lowest BCUT2D eigenvalue weighted by atomic mass is 10.5. The zero-order valence-corrected chi connectivity index (χ0v) is 7.37. The van der Waals surface area contributed by atoms with Gasteiger partial charge in [-0.25, -0.2) is 0 Å². The molecule has 0 bridgehead atoms. The molecule has 0 aromatic heterocycles. The Morgan fingerprint density at radius 2 is 2.09 bits per heavy atom. The van der Waals surface area contributed by atoms with Crippen molar-refractivity contribution in [1.29, 1.82) is 0 Å². The first kappa shape index (κ1) is 10.5. The molecule has 0 radical (unpaired) electrons. The maximum absolute atomic E-state index is 5.04. The van der Waals surface area contributed by atoms with Gasteiger partial charge in [-0.05, 0) is 26.3 Å². The van der Waals surface area contributed by atoms with Gasteiger partial charge < -0.3 is 9.62 Å². The van der Waals surface area contributed by atoms with Crippen molar-refractivity contribution in [2.45, 2.75) is 33.5 Å². The molecule has 0 rings (SSSR count). The number of hydrogen-bond acceptors (Lipinski definition) is 3. The third-order valence-corrected chi connectivity index (χ3v) is 0.980. The minimum Gasteiger partial charge on any atom is -0.349 e. The summed E-state index contributed by atoms with van der Waals surface area (Å²) in [7, 11) is 0. The Morgan fingerprint density at radius 1 is 1.36 bits per heavy atom. The number of rotatable bonds is 6. The summed E-state index contributed by atoms with van der Waals surface area (Å²) in [6, 6.07) is 0. The van der Waals surface area contributed by atoms with Gasteiger partial charge in [0.15, 0.2) is 6.29 Å². The van der Waals surface area contributed by atoms with Crippen LogP contribution in [-0.2, 0) is 14.5 Å². The van der Waals surface area contributed by atoms with Crippen molar-refractivity contribution in [3.05, 3.63) is 12.3 Å². The summed E-state index contributed by atoms with van der Waals surface area (Å²) >= 11 is 0. The normalized spacial score (nSPS) is 13.7. The molecule has 0 aromatic rings. The SMILES string of the molecule is CCC=COOC(C)OCC. The highest BCUT2D eigenvalue weighted by Crippen LogP contribution is 1.94. The van der Waals surface area contributed by atoms with Gasteiger partial charge in [-0.2, -0.15) is 4.89 Å². The summed E-state index contributed by atoms with van der Waals surface area (Å²) in [5.41, 5.74) is 0. The van der Waals surface area contributed by atoms with E-state index in [4.69, 9.17) is 9.62 Å². The van der Waals surface area contributed by atoms with Crippen molar-refractivity contribution >= 4 is 0 Å². The van der Waals surface area contributed by atoms with Crippen molar-refractivity contribution in [2.75, 3.05) is 6.61 Å². The van der Waals surface area contributed by atoms with Crippen LogP contribution < -0.4 is 0 Å². The zero-order valence-electron chi connectivity index (χ0n) is 7.37. The van der Waals surface area contributed by atoms with Crippen LogP contribution in [0.1, 0.15) is 27.2 Å². The van der Waals surface area contributed by atoms with Gasteiger partial charge in [-0.3, -0.25) is 0 Å². The van der Waals surface area contributed by atoms with Gasteiger partial charge >= 0.3 is 0 Å². The van der Waals surface area contributed by atoms with Crippen molar-refractivity contribution in [2.24, 2.45) is 0 Å². The van der Waals surface area contributed by atoms with E-state index in [2.05, 4.69) is 4.89 Å². The van der Waals surface area contributed by atoms with E-state index < -0.39 is 0 Å². The first-order chi connectivity index (χ1) is 5.31. The molecule has 0 fully saturated rings. The van der Waals surface area contributed by atoms with Crippen LogP contribution in [0.2, 0.25) is 0 Å². The second-order valence-electron chi connectivity index (χ2n) is 2.00. The Balaban J connectivity index is 3.16. The average molecular weight is 160 g/mol. The van der Waals surface area contributed by atoms with Gasteiger partial charge in [0, 0.05) is 6.61 Å². The first-order valence-corrected chi connectivity index (χ1v) is 3.90. The second-order valence-corrected chi connectivity index (χ2v) is 2.00. The summed E-state index contributed by atoms with van der Waals surface area (Å²) in [5, 5.41) is 0. The standard InChI is InChI=1S/C8H16O3/c1-4-6-7-10-11-8(3)9-5-2/h6-8H,4-5H2,1-3H3. The molecule has 0 saturated carbocycles. The van der Waals surface area contributed by atoms with E-state index in [0.29, 0.717) is 6.61 Å². The maximum Gasteiger partial charge on any atom is 0.200 e. The molecule has 0 aromatic carbocycles. The fraction of sp³-hybridized carbons (Fsp3) is 0.750. The van der Waals surface area contributed by atoms with Gasteiger partial charge in [-0.15, -0.1) is 0 Å². The highest BCUT2D eigenvalue weighted by Gasteiger charge is 1.98. The molecule has 0 heterocycles. The quantitative estimate of drug-likeness (QED) is 0.258. The molecule has 0 N–H and O–H groups in total. The third-order valence-electron chi connectivity index (χ3n) is 0.980. The lowest BCUT2D eigenvalue weighted by molar-refractivity contribution is -0.341. The van der Waals surface area contributed by atoms with Crippen molar-refractivity contribution in [3.63, 3.8) is 0 Å². The molecular weight excluding hydrogens is 144 g/mol. The molecular formula is C8H16O3. The van der Waals surface area contributed by atoms with Crippen LogP contribution >= 0.6 is 0 Å². The summed E-state index contributed by atoms with van der Waals surface area (Å²) in [4.78, 5) is 9.46. The van der Waals surface area contributed by atoms with Gasteiger partial charge in [0.25, 0.3) is 0 Å². The number of hydrogen-bond donors (Lipinski definition) is 0. The third kappa shape index (κ3) is 7.36. The zero-order chi connectivity index (χ0) is 8.53. The Hall–Kier alpha value is -0.540. The largest absolute Gasteiger partial charge is 0.349 e. The summed E-state index contributed by atoms with van der Waals surface area (Å²) in [6.07, 6.45) is 4.00. The Labute approximate surface area is 67.9 Å². The fourth-order valence-electron chi connectivity index (χ4n) is 0.508. The van der Waals surface area contributed by atoms with Crippen LogP contribution in [0.4, 0.5) is 0 Å². The Morgan fingerprint density at radius 3 is 2.64 bits per heavy atom. The van der Waals surface area contributed by atoms with Gasteiger partial charge in [0.1, 0.15) is 6.26 Å². The van der Waals surface area contributed by atoms with Crippen LogP contribution in [-0.4, -0.2) is 12.9 Å². The van der Waals surface area contributed by atoms with Crippen LogP contribution in [0, 0.1) is 0 Å². The monoisotopic (exact) mass is 160 g/mol. The molecule has 0 saturated heterocycles. The lowest BCUT2D eigenvalue weighted by Crippen LogP contribution is -2.11. The smallest absolute Gasteiger partial charge is 0.200 e. The number of allylic oxidation sites excluding steroid dienone is 1.